The molecule has 3 aromatic rings. The van der Waals surface area contributed by atoms with E-state index in [2.05, 4.69) is 9.97 Å². The Morgan fingerprint density at radius 3 is 2.56 bits per heavy atom. The van der Waals surface area contributed by atoms with Crippen LogP contribution in [0.4, 0.5) is 13.2 Å². The van der Waals surface area contributed by atoms with Crippen molar-refractivity contribution in [3.8, 4) is 5.88 Å². The van der Waals surface area contributed by atoms with E-state index in [0.29, 0.717) is 32.4 Å². The lowest BCUT2D eigenvalue weighted by Gasteiger charge is -2.24. The van der Waals surface area contributed by atoms with Gasteiger partial charge in [0.15, 0.2) is 5.82 Å². The standard InChI is InChI=1S/C22H22F3N3O3S/c1-12-17-19(31-3)26-16(11-30-2)27-20(17)32-18(12)21(29)28(14-8-9-14)10-13-6-4-5-7-15(13)22(23,24)25/h4-7,14H,8-11H2,1-3H3. The van der Waals surface area contributed by atoms with E-state index in [0.717, 1.165) is 18.9 Å². The van der Waals surface area contributed by atoms with Crippen LogP contribution in [0.3, 0.4) is 0 Å². The Morgan fingerprint density at radius 2 is 1.94 bits per heavy atom. The van der Waals surface area contributed by atoms with Gasteiger partial charge in [0.25, 0.3) is 5.91 Å². The predicted octanol–water partition coefficient (Wildman–Crippen LogP) is 4.98. The number of hydrogen-bond donors (Lipinski definition) is 0. The smallest absolute Gasteiger partial charge is 0.416 e. The number of aryl methyl sites for hydroxylation is 1. The van der Waals surface area contributed by atoms with Gasteiger partial charge in [-0.2, -0.15) is 18.2 Å². The summed E-state index contributed by atoms with van der Waals surface area (Å²) in [5, 5.41) is 0.632. The number of thiophene rings is 1. The molecule has 0 saturated heterocycles. The van der Waals surface area contributed by atoms with E-state index >= 15 is 0 Å². The van der Waals surface area contributed by atoms with Crippen molar-refractivity contribution < 1.29 is 27.4 Å². The lowest BCUT2D eigenvalue weighted by molar-refractivity contribution is -0.138. The first-order chi connectivity index (χ1) is 15.2. The van der Waals surface area contributed by atoms with Gasteiger partial charge in [-0.15, -0.1) is 11.3 Å². The summed E-state index contributed by atoms with van der Waals surface area (Å²) in [4.78, 5) is 24.9. The van der Waals surface area contributed by atoms with Crippen LogP contribution >= 0.6 is 11.3 Å². The normalized spacial score (nSPS) is 14.1. The van der Waals surface area contributed by atoms with Gasteiger partial charge in [0.05, 0.1) is 22.9 Å². The molecule has 4 rings (SSSR count). The molecule has 0 spiro atoms. The monoisotopic (exact) mass is 465 g/mol. The summed E-state index contributed by atoms with van der Waals surface area (Å²) < 4.78 is 51.0. The van der Waals surface area contributed by atoms with E-state index in [1.807, 2.05) is 0 Å². The fraction of sp³-hybridized carbons (Fsp3) is 0.409. The summed E-state index contributed by atoms with van der Waals surface area (Å²) in [6, 6.07) is 5.31. The highest BCUT2D eigenvalue weighted by Crippen LogP contribution is 2.39. The second-order valence-electron chi connectivity index (χ2n) is 7.64. The molecule has 6 nitrogen and oxygen atoms in total. The average Bonchev–Trinajstić information content (AvgIpc) is 3.54. The van der Waals surface area contributed by atoms with Gasteiger partial charge >= 0.3 is 6.18 Å². The van der Waals surface area contributed by atoms with Crippen molar-refractivity contribution in [2.45, 2.75) is 45.1 Å². The maximum atomic E-state index is 13.5. The van der Waals surface area contributed by atoms with Gasteiger partial charge in [0.2, 0.25) is 5.88 Å². The molecular weight excluding hydrogens is 443 g/mol. The van der Waals surface area contributed by atoms with E-state index in [4.69, 9.17) is 9.47 Å². The van der Waals surface area contributed by atoms with Crippen LogP contribution in [0.1, 0.15) is 45.0 Å². The van der Waals surface area contributed by atoms with Gasteiger partial charge < -0.3 is 14.4 Å². The Bertz CT molecular complexity index is 1160. The molecule has 0 aliphatic heterocycles. The minimum absolute atomic E-state index is 0.0783. The third kappa shape index (κ3) is 4.29. The van der Waals surface area contributed by atoms with Gasteiger partial charge in [-0.05, 0) is 37.0 Å². The quantitative estimate of drug-likeness (QED) is 0.493. The Labute approximate surface area is 187 Å². The number of carbonyl (C=O) groups is 1. The molecule has 0 atom stereocenters. The number of ether oxygens (including phenoxy) is 2. The molecule has 1 aromatic carbocycles. The summed E-state index contributed by atoms with van der Waals surface area (Å²) in [5.74, 6) is 0.464. The zero-order valence-electron chi connectivity index (χ0n) is 17.8. The topological polar surface area (TPSA) is 64.6 Å². The van der Waals surface area contributed by atoms with Crippen molar-refractivity contribution >= 4 is 27.5 Å². The molecule has 1 amide bonds. The maximum absolute atomic E-state index is 13.5. The molecule has 0 N–H and O–H groups in total. The van der Waals surface area contributed by atoms with Crippen LogP contribution in [0.15, 0.2) is 24.3 Å². The molecule has 0 radical (unpaired) electrons. The Hall–Kier alpha value is -2.72. The summed E-state index contributed by atoms with van der Waals surface area (Å²) >= 11 is 1.20. The molecule has 1 saturated carbocycles. The molecule has 10 heteroatoms. The third-order valence-corrected chi connectivity index (χ3v) is 6.55. The van der Waals surface area contributed by atoms with Crippen LogP contribution in [0.25, 0.3) is 10.2 Å². The highest BCUT2D eigenvalue weighted by Gasteiger charge is 2.38. The van der Waals surface area contributed by atoms with E-state index in [1.165, 1.54) is 42.6 Å². The lowest BCUT2D eigenvalue weighted by Crippen LogP contribution is -2.33. The number of rotatable bonds is 7. The number of carbonyl (C=O) groups excluding carboxylic acids is 1. The molecular formula is C22H22F3N3O3S. The van der Waals surface area contributed by atoms with Crippen molar-refractivity contribution in [1.29, 1.82) is 0 Å². The predicted molar refractivity (Wildman–Crippen MR) is 114 cm³/mol. The van der Waals surface area contributed by atoms with Crippen molar-refractivity contribution in [1.82, 2.24) is 14.9 Å². The molecule has 170 valence electrons. The minimum atomic E-state index is -4.48. The summed E-state index contributed by atoms with van der Waals surface area (Å²) in [6.45, 7) is 1.86. The molecule has 1 aliphatic rings. The van der Waals surface area contributed by atoms with Gasteiger partial charge in [-0.1, -0.05) is 18.2 Å². The molecule has 2 aromatic heterocycles. The van der Waals surface area contributed by atoms with Gasteiger partial charge in [0, 0.05) is 19.7 Å². The summed E-state index contributed by atoms with van der Waals surface area (Å²) in [5.41, 5.74) is 0.0209. The third-order valence-electron chi connectivity index (χ3n) is 5.38. The molecule has 0 bridgehead atoms. The van der Waals surface area contributed by atoms with Crippen molar-refractivity contribution in [3.63, 3.8) is 0 Å². The fourth-order valence-electron chi connectivity index (χ4n) is 3.69. The summed E-state index contributed by atoms with van der Waals surface area (Å²) in [7, 11) is 3.02. The maximum Gasteiger partial charge on any atom is 0.416 e. The largest absolute Gasteiger partial charge is 0.480 e. The van der Waals surface area contributed by atoms with E-state index in [-0.39, 0.29) is 30.7 Å². The van der Waals surface area contributed by atoms with Crippen molar-refractivity contribution in [2.75, 3.05) is 14.2 Å². The number of amides is 1. The van der Waals surface area contributed by atoms with Crippen LogP contribution in [-0.4, -0.2) is 41.0 Å². The van der Waals surface area contributed by atoms with Gasteiger partial charge in [0.1, 0.15) is 11.4 Å². The number of hydrogen-bond acceptors (Lipinski definition) is 6. The zero-order chi connectivity index (χ0) is 23.0. The summed E-state index contributed by atoms with van der Waals surface area (Å²) in [6.07, 6.45) is -2.95. The Morgan fingerprint density at radius 1 is 1.22 bits per heavy atom. The highest BCUT2D eigenvalue weighted by atomic mass is 32.1. The van der Waals surface area contributed by atoms with Gasteiger partial charge in [-0.3, -0.25) is 4.79 Å². The SMILES string of the molecule is COCc1nc(OC)c2c(C)c(C(=O)N(Cc3ccccc3C(F)(F)F)C3CC3)sc2n1. The van der Waals surface area contributed by atoms with Crippen LogP contribution in [0, 0.1) is 6.92 Å². The number of alkyl halides is 3. The molecule has 0 unspecified atom stereocenters. The second-order valence-corrected chi connectivity index (χ2v) is 8.64. The average molecular weight is 465 g/mol. The first-order valence-corrected chi connectivity index (χ1v) is 10.8. The van der Waals surface area contributed by atoms with E-state index in [9.17, 15) is 18.0 Å². The van der Waals surface area contributed by atoms with Crippen LogP contribution in [0.5, 0.6) is 5.88 Å². The number of fused-ring (bicyclic) bond motifs is 1. The van der Waals surface area contributed by atoms with E-state index in [1.54, 1.807) is 13.0 Å². The first-order valence-electron chi connectivity index (χ1n) is 10.0. The highest BCUT2D eigenvalue weighted by molar-refractivity contribution is 7.20. The minimum Gasteiger partial charge on any atom is -0.480 e. The number of nitrogens with zero attached hydrogens (tertiary/aromatic N) is 3. The number of benzene rings is 1. The van der Waals surface area contributed by atoms with Crippen molar-refractivity contribution in [3.05, 3.63) is 51.7 Å². The van der Waals surface area contributed by atoms with E-state index < -0.39 is 11.7 Å². The molecule has 2 heterocycles. The second kappa shape index (κ2) is 8.67. The molecule has 1 fully saturated rings. The molecule has 32 heavy (non-hydrogen) atoms. The molecule has 1 aliphatic carbocycles. The number of methoxy groups -OCH3 is 2. The first kappa shape index (κ1) is 22.5. The van der Waals surface area contributed by atoms with Crippen LogP contribution < -0.4 is 4.74 Å². The number of aromatic nitrogens is 2. The zero-order valence-corrected chi connectivity index (χ0v) is 18.6. The number of halogens is 3. The van der Waals surface area contributed by atoms with Gasteiger partial charge in [-0.25, -0.2) is 4.98 Å². The van der Waals surface area contributed by atoms with Crippen molar-refractivity contribution in [2.24, 2.45) is 0 Å². The Balaban J connectivity index is 1.73. The Kier molecular flexibility index (Phi) is 6.09. The van der Waals surface area contributed by atoms with Crippen LogP contribution in [0.2, 0.25) is 0 Å². The lowest BCUT2D eigenvalue weighted by atomic mass is 10.1. The van der Waals surface area contributed by atoms with Crippen LogP contribution in [-0.2, 0) is 24.1 Å². The fourth-order valence-corrected chi connectivity index (χ4v) is 4.84.